The molecule has 2 unspecified atom stereocenters. The highest BCUT2D eigenvalue weighted by Gasteiger charge is 2.23. The summed E-state index contributed by atoms with van der Waals surface area (Å²) in [7, 11) is 0. The fraction of sp³-hybridized carbons (Fsp3) is 0.476. The van der Waals surface area contributed by atoms with Crippen LogP contribution in [0.15, 0.2) is 24.7 Å². The Morgan fingerprint density at radius 3 is 2.67 bits per heavy atom. The average molecular weight is 409 g/mol. The number of carbonyl (C=O) groups excluding carboxylic acids is 1. The lowest BCUT2D eigenvalue weighted by Crippen LogP contribution is -2.45. The summed E-state index contributed by atoms with van der Waals surface area (Å²) in [6.07, 6.45) is 4.48. The minimum absolute atomic E-state index is 0.0596. The second kappa shape index (κ2) is 8.35. The lowest BCUT2D eigenvalue weighted by molar-refractivity contribution is -0.116. The third kappa shape index (κ3) is 4.25. The molecule has 30 heavy (non-hydrogen) atoms. The van der Waals surface area contributed by atoms with Crippen LogP contribution in [0.4, 0.5) is 11.5 Å². The number of rotatable bonds is 5. The summed E-state index contributed by atoms with van der Waals surface area (Å²) < 4.78 is 7.48. The van der Waals surface area contributed by atoms with Crippen molar-refractivity contribution in [2.75, 3.05) is 23.3 Å². The second-order valence-electron chi connectivity index (χ2n) is 7.85. The minimum Gasteiger partial charge on any atom is -0.372 e. The van der Waals surface area contributed by atoms with E-state index in [4.69, 9.17) is 4.74 Å². The van der Waals surface area contributed by atoms with Crippen LogP contribution in [0.25, 0.3) is 5.78 Å². The van der Waals surface area contributed by atoms with E-state index >= 15 is 0 Å². The van der Waals surface area contributed by atoms with Gasteiger partial charge >= 0.3 is 0 Å². The quantitative estimate of drug-likeness (QED) is 0.691. The van der Waals surface area contributed by atoms with Crippen LogP contribution in [0.2, 0.25) is 0 Å². The first-order valence-electron chi connectivity index (χ1n) is 10.2. The van der Waals surface area contributed by atoms with Crippen LogP contribution in [0.5, 0.6) is 0 Å². The van der Waals surface area contributed by atoms with E-state index in [-0.39, 0.29) is 18.1 Å². The van der Waals surface area contributed by atoms with Gasteiger partial charge in [0.05, 0.1) is 24.1 Å². The minimum atomic E-state index is -0.0596. The van der Waals surface area contributed by atoms with Crippen molar-refractivity contribution in [3.8, 4) is 0 Å². The van der Waals surface area contributed by atoms with Gasteiger partial charge in [0.1, 0.15) is 12.1 Å². The molecule has 4 rings (SSSR count). The number of morpholine rings is 1. The van der Waals surface area contributed by atoms with E-state index in [9.17, 15) is 4.79 Å². The first kappa shape index (κ1) is 20.2. The summed E-state index contributed by atoms with van der Waals surface area (Å²) in [5.41, 5.74) is 3.55. The molecule has 1 fully saturated rings. The summed E-state index contributed by atoms with van der Waals surface area (Å²) in [6, 6.07) is 3.84. The maximum atomic E-state index is 12.5. The smallest absolute Gasteiger partial charge is 0.252 e. The van der Waals surface area contributed by atoms with E-state index in [2.05, 4.69) is 44.1 Å². The summed E-state index contributed by atoms with van der Waals surface area (Å²) in [6.45, 7) is 9.66. The van der Waals surface area contributed by atoms with Gasteiger partial charge in [-0.15, -0.1) is 0 Å². The number of fused-ring (bicyclic) bond motifs is 1. The number of hydrogen-bond acceptors (Lipinski definition) is 7. The fourth-order valence-corrected chi connectivity index (χ4v) is 3.99. The standard InChI is InChI=1S/C21H27N7O2/c1-13-10-27(11-14(2)30-13)19-7-5-17(9-22-19)26-20(29)8-6-18-15(3)25-21-23-12-24-28(21)16(18)4/h5,7,9,12-14H,6,8,10-11H2,1-4H3,(H,26,29). The Morgan fingerprint density at radius 1 is 1.20 bits per heavy atom. The highest BCUT2D eigenvalue weighted by molar-refractivity contribution is 5.90. The maximum Gasteiger partial charge on any atom is 0.252 e. The number of nitrogens with zero attached hydrogens (tertiary/aromatic N) is 6. The van der Waals surface area contributed by atoms with Crippen molar-refractivity contribution in [2.24, 2.45) is 0 Å². The molecule has 1 N–H and O–H groups in total. The Balaban J connectivity index is 1.36. The molecular weight excluding hydrogens is 382 g/mol. The zero-order chi connectivity index (χ0) is 21.3. The molecule has 3 aromatic heterocycles. The van der Waals surface area contributed by atoms with Crippen LogP contribution in [0.3, 0.4) is 0 Å². The molecule has 0 saturated carbocycles. The maximum absolute atomic E-state index is 12.5. The van der Waals surface area contributed by atoms with E-state index in [1.54, 1.807) is 10.7 Å². The van der Waals surface area contributed by atoms with Gasteiger partial charge in [0.2, 0.25) is 5.91 Å². The first-order valence-corrected chi connectivity index (χ1v) is 10.2. The van der Waals surface area contributed by atoms with Gasteiger partial charge in [-0.2, -0.15) is 10.1 Å². The first-order chi connectivity index (χ1) is 14.4. The normalized spacial score (nSPS) is 19.3. The Labute approximate surface area is 175 Å². The molecule has 3 aromatic rings. The number of aryl methyl sites for hydroxylation is 2. The molecular formula is C21H27N7O2. The van der Waals surface area contributed by atoms with Crippen molar-refractivity contribution < 1.29 is 9.53 Å². The summed E-state index contributed by atoms with van der Waals surface area (Å²) in [4.78, 5) is 27.8. The number of pyridine rings is 1. The van der Waals surface area contributed by atoms with Crippen molar-refractivity contribution >= 4 is 23.2 Å². The Hall–Kier alpha value is -3.07. The monoisotopic (exact) mass is 409 g/mol. The van der Waals surface area contributed by atoms with E-state index in [1.165, 1.54) is 6.33 Å². The molecule has 0 bridgehead atoms. The molecule has 1 saturated heterocycles. The molecule has 0 aliphatic carbocycles. The summed E-state index contributed by atoms with van der Waals surface area (Å²) in [5.74, 6) is 1.41. The van der Waals surface area contributed by atoms with Crippen LogP contribution < -0.4 is 10.2 Å². The molecule has 1 aliphatic rings. The highest BCUT2D eigenvalue weighted by atomic mass is 16.5. The number of nitrogens with one attached hydrogen (secondary N) is 1. The Bertz CT molecular complexity index is 1040. The molecule has 2 atom stereocenters. The highest BCUT2D eigenvalue weighted by Crippen LogP contribution is 2.20. The summed E-state index contributed by atoms with van der Waals surface area (Å²) >= 11 is 0. The van der Waals surface area contributed by atoms with Gasteiger partial charge in [-0.1, -0.05) is 0 Å². The number of ether oxygens (including phenoxy) is 1. The van der Waals surface area contributed by atoms with Crippen LogP contribution >= 0.6 is 0 Å². The fourth-order valence-electron chi connectivity index (χ4n) is 3.99. The zero-order valence-corrected chi connectivity index (χ0v) is 17.8. The van der Waals surface area contributed by atoms with Crippen LogP contribution in [-0.4, -0.2) is 55.8 Å². The number of amides is 1. The van der Waals surface area contributed by atoms with Gasteiger partial charge in [0, 0.05) is 30.9 Å². The Kier molecular flexibility index (Phi) is 5.63. The molecule has 158 valence electrons. The van der Waals surface area contributed by atoms with Gasteiger partial charge in [0.25, 0.3) is 5.78 Å². The number of anilines is 2. The van der Waals surface area contributed by atoms with Gasteiger partial charge in [0.15, 0.2) is 0 Å². The van der Waals surface area contributed by atoms with Crippen molar-refractivity contribution in [3.05, 3.63) is 41.6 Å². The SMILES string of the molecule is Cc1nc2ncnn2c(C)c1CCC(=O)Nc1ccc(N2CC(C)OC(C)C2)nc1. The van der Waals surface area contributed by atoms with Gasteiger partial charge < -0.3 is 15.0 Å². The average Bonchev–Trinajstić information content (AvgIpc) is 3.16. The third-order valence-electron chi connectivity index (χ3n) is 5.37. The lowest BCUT2D eigenvalue weighted by atomic mass is 10.1. The third-order valence-corrected chi connectivity index (χ3v) is 5.37. The largest absolute Gasteiger partial charge is 0.372 e. The molecule has 4 heterocycles. The molecule has 0 spiro atoms. The zero-order valence-electron chi connectivity index (χ0n) is 17.8. The number of carbonyl (C=O) groups is 1. The Morgan fingerprint density at radius 2 is 1.97 bits per heavy atom. The van der Waals surface area contributed by atoms with Crippen molar-refractivity contribution in [3.63, 3.8) is 0 Å². The van der Waals surface area contributed by atoms with Crippen LogP contribution in [-0.2, 0) is 16.0 Å². The van der Waals surface area contributed by atoms with Crippen LogP contribution in [0, 0.1) is 13.8 Å². The molecule has 1 aliphatic heterocycles. The van der Waals surface area contributed by atoms with Crippen molar-refractivity contribution in [2.45, 2.75) is 52.7 Å². The van der Waals surface area contributed by atoms with Crippen molar-refractivity contribution in [1.29, 1.82) is 0 Å². The van der Waals surface area contributed by atoms with Crippen LogP contribution in [0.1, 0.15) is 37.2 Å². The molecule has 9 heteroatoms. The number of aromatic nitrogens is 5. The van der Waals surface area contributed by atoms with Gasteiger partial charge in [-0.25, -0.2) is 14.5 Å². The van der Waals surface area contributed by atoms with E-state index in [1.807, 2.05) is 26.0 Å². The molecule has 0 aromatic carbocycles. The second-order valence-corrected chi connectivity index (χ2v) is 7.85. The summed E-state index contributed by atoms with van der Waals surface area (Å²) in [5, 5.41) is 7.12. The molecule has 0 radical (unpaired) electrons. The van der Waals surface area contributed by atoms with Crippen molar-refractivity contribution in [1.82, 2.24) is 24.6 Å². The molecule has 9 nitrogen and oxygen atoms in total. The lowest BCUT2D eigenvalue weighted by Gasteiger charge is -2.36. The van der Waals surface area contributed by atoms with E-state index in [0.29, 0.717) is 24.3 Å². The van der Waals surface area contributed by atoms with Gasteiger partial charge in [-0.05, 0) is 51.8 Å². The topological polar surface area (TPSA) is 97.5 Å². The van der Waals surface area contributed by atoms with E-state index in [0.717, 1.165) is 35.9 Å². The van der Waals surface area contributed by atoms with Gasteiger partial charge in [-0.3, -0.25) is 4.79 Å². The molecule has 1 amide bonds. The number of hydrogen-bond donors (Lipinski definition) is 1. The predicted molar refractivity (Wildman–Crippen MR) is 114 cm³/mol. The predicted octanol–water partition coefficient (Wildman–Crippen LogP) is 2.32. The van der Waals surface area contributed by atoms with E-state index < -0.39 is 0 Å².